The van der Waals surface area contributed by atoms with Gasteiger partial charge < -0.3 is 9.80 Å². The van der Waals surface area contributed by atoms with Crippen LogP contribution in [0, 0.1) is 0 Å². The maximum atomic E-state index is 12.2. The summed E-state index contributed by atoms with van der Waals surface area (Å²) in [4.78, 5) is 20.7. The first kappa shape index (κ1) is 11.7. The summed E-state index contributed by atoms with van der Waals surface area (Å²) in [7, 11) is 4.07. The van der Waals surface area contributed by atoms with Crippen molar-refractivity contribution in [1.82, 2.24) is 14.8 Å². The molecule has 1 fully saturated rings. The minimum absolute atomic E-state index is 0.124. The molecule has 0 atom stereocenters. The lowest BCUT2D eigenvalue weighted by molar-refractivity contribution is 0.0657. The molecule has 3 rings (SSSR count). The lowest BCUT2D eigenvalue weighted by Crippen LogP contribution is -2.52. The highest BCUT2D eigenvalue weighted by Crippen LogP contribution is 2.40. The first-order chi connectivity index (χ1) is 8.62. The summed E-state index contributed by atoms with van der Waals surface area (Å²) in [6, 6.07) is 1.87. The normalized spacial score (nSPS) is 23.2. The van der Waals surface area contributed by atoms with Crippen LogP contribution in [0.5, 0.6) is 0 Å². The average molecular weight is 245 g/mol. The number of carbonyl (C=O) groups excluding carboxylic acids is 1. The number of nitrogens with zero attached hydrogens (tertiary/aromatic N) is 3. The lowest BCUT2D eigenvalue weighted by atomic mass is 9.69. The molecule has 3 heterocycles. The first-order valence-electron chi connectivity index (χ1n) is 6.51. The number of likely N-dealkylation sites (tertiary alicyclic amines) is 1. The van der Waals surface area contributed by atoms with Crippen LogP contribution in [0.15, 0.2) is 18.5 Å². The first-order valence-corrected chi connectivity index (χ1v) is 6.51. The monoisotopic (exact) mass is 245 g/mol. The molecule has 1 amide bonds. The van der Waals surface area contributed by atoms with E-state index in [0.29, 0.717) is 0 Å². The zero-order chi connectivity index (χ0) is 12.8. The molecular formula is C14H19N3O. The maximum Gasteiger partial charge on any atom is 0.254 e. The Morgan fingerprint density at radius 3 is 2.72 bits per heavy atom. The third-order valence-corrected chi connectivity index (χ3v) is 4.45. The summed E-state index contributed by atoms with van der Waals surface area (Å²) in [5.74, 6) is 0.136. The van der Waals surface area contributed by atoms with Crippen LogP contribution in [0.25, 0.3) is 0 Å². The maximum absolute atomic E-state index is 12.2. The van der Waals surface area contributed by atoms with Gasteiger partial charge in [0.1, 0.15) is 0 Å². The number of carbonyl (C=O) groups is 1. The summed E-state index contributed by atoms with van der Waals surface area (Å²) in [6.07, 6.45) is 5.85. The van der Waals surface area contributed by atoms with Gasteiger partial charge in [-0.15, -0.1) is 0 Å². The molecule has 0 N–H and O–H groups in total. The van der Waals surface area contributed by atoms with E-state index in [-0.39, 0.29) is 11.3 Å². The Hall–Kier alpha value is -1.42. The fourth-order valence-corrected chi connectivity index (χ4v) is 3.29. The van der Waals surface area contributed by atoms with E-state index in [4.69, 9.17) is 0 Å². The Morgan fingerprint density at radius 1 is 1.28 bits per heavy atom. The second kappa shape index (κ2) is 4.05. The van der Waals surface area contributed by atoms with E-state index in [9.17, 15) is 4.79 Å². The summed E-state index contributed by atoms with van der Waals surface area (Å²) in [5.41, 5.74) is 2.14. The van der Waals surface area contributed by atoms with Crippen molar-refractivity contribution >= 4 is 5.91 Å². The molecule has 1 saturated heterocycles. The minimum atomic E-state index is 0.124. The number of piperidine rings is 1. The van der Waals surface area contributed by atoms with Gasteiger partial charge >= 0.3 is 0 Å². The van der Waals surface area contributed by atoms with Crippen molar-refractivity contribution in [2.75, 3.05) is 33.7 Å². The molecule has 96 valence electrons. The minimum Gasteiger partial charge on any atom is -0.341 e. The molecule has 1 aromatic heterocycles. The van der Waals surface area contributed by atoms with Crippen LogP contribution < -0.4 is 0 Å². The number of fused-ring (bicyclic) bond motifs is 2. The highest BCUT2D eigenvalue weighted by molar-refractivity contribution is 5.97. The van der Waals surface area contributed by atoms with Gasteiger partial charge in [0.25, 0.3) is 5.91 Å². The number of hydrogen-bond donors (Lipinski definition) is 0. The zero-order valence-corrected chi connectivity index (χ0v) is 11.0. The van der Waals surface area contributed by atoms with E-state index < -0.39 is 0 Å². The molecule has 4 heteroatoms. The Balaban J connectivity index is 2.06. The topological polar surface area (TPSA) is 36.4 Å². The standard InChI is InChI=1S/C14H19N3O/c1-16-7-4-14(5-8-16)10-17(2)13(18)11-3-6-15-9-12(11)14/h3,6,9H,4-5,7-8,10H2,1-2H3. The predicted molar refractivity (Wildman–Crippen MR) is 69.6 cm³/mol. The number of pyridine rings is 1. The van der Waals surface area contributed by atoms with Crippen LogP contribution >= 0.6 is 0 Å². The highest BCUT2D eigenvalue weighted by atomic mass is 16.2. The van der Waals surface area contributed by atoms with Gasteiger partial charge in [-0.2, -0.15) is 0 Å². The van der Waals surface area contributed by atoms with Gasteiger partial charge in [0.2, 0.25) is 0 Å². The molecule has 0 bridgehead atoms. The van der Waals surface area contributed by atoms with Gasteiger partial charge in [0, 0.05) is 37.0 Å². The summed E-state index contributed by atoms with van der Waals surface area (Å²) in [5, 5.41) is 0. The fourth-order valence-electron chi connectivity index (χ4n) is 3.29. The van der Waals surface area contributed by atoms with E-state index in [2.05, 4.69) is 16.9 Å². The lowest BCUT2D eigenvalue weighted by Gasteiger charge is -2.46. The molecule has 2 aliphatic heterocycles. The molecule has 1 spiro atoms. The Morgan fingerprint density at radius 2 is 2.00 bits per heavy atom. The Bertz CT molecular complexity index is 478. The molecule has 4 nitrogen and oxygen atoms in total. The van der Waals surface area contributed by atoms with Crippen LogP contribution in [0.4, 0.5) is 0 Å². The van der Waals surface area contributed by atoms with Crippen molar-refractivity contribution in [3.63, 3.8) is 0 Å². The van der Waals surface area contributed by atoms with Gasteiger partial charge in [-0.3, -0.25) is 9.78 Å². The van der Waals surface area contributed by atoms with Crippen molar-refractivity contribution in [3.05, 3.63) is 29.6 Å². The molecule has 1 aromatic rings. The van der Waals surface area contributed by atoms with Crippen molar-refractivity contribution in [3.8, 4) is 0 Å². The SMILES string of the molecule is CN1CCC2(CC1)CN(C)C(=O)c1ccncc12. The predicted octanol–water partition coefficient (Wildman–Crippen LogP) is 1.13. The van der Waals surface area contributed by atoms with Gasteiger partial charge in [0.05, 0.1) is 0 Å². The van der Waals surface area contributed by atoms with Crippen molar-refractivity contribution in [2.24, 2.45) is 0 Å². The van der Waals surface area contributed by atoms with Gasteiger partial charge in [-0.25, -0.2) is 0 Å². The van der Waals surface area contributed by atoms with E-state index in [1.807, 2.05) is 24.2 Å². The summed E-state index contributed by atoms with van der Waals surface area (Å²) < 4.78 is 0. The Labute approximate surface area is 108 Å². The number of amides is 1. The Kier molecular flexibility index (Phi) is 2.63. The average Bonchev–Trinajstić information content (AvgIpc) is 2.40. The number of aromatic nitrogens is 1. The van der Waals surface area contributed by atoms with E-state index in [1.54, 1.807) is 6.20 Å². The van der Waals surface area contributed by atoms with Gasteiger partial charge in [-0.1, -0.05) is 0 Å². The molecule has 0 saturated carbocycles. The molecular weight excluding hydrogens is 226 g/mol. The number of likely N-dealkylation sites (N-methyl/N-ethyl adjacent to an activating group) is 1. The van der Waals surface area contributed by atoms with Crippen molar-refractivity contribution in [1.29, 1.82) is 0 Å². The second-order valence-corrected chi connectivity index (χ2v) is 5.67. The molecule has 0 radical (unpaired) electrons. The van der Waals surface area contributed by atoms with E-state index in [1.165, 1.54) is 5.56 Å². The van der Waals surface area contributed by atoms with E-state index >= 15 is 0 Å². The van der Waals surface area contributed by atoms with Crippen LogP contribution in [0.2, 0.25) is 0 Å². The summed E-state index contributed by atoms with van der Waals surface area (Å²) in [6.45, 7) is 3.02. The highest BCUT2D eigenvalue weighted by Gasteiger charge is 2.43. The summed E-state index contributed by atoms with van der Waals surface area (Å²) >= 11 is 0. The van der Waals surface area contributed by atoms with Gasteiger partial charge in [-0.05, 0) is 44.6 Å². The van der Waals surface area contributed by atoms with Crippen molar-refractivity contribution < 1.29 is 4.79 Å². The van der Waals surface area contributed by atoms with Crippen LogP contribution in [-0.2, 0) is 5.41 Å². The second-order valence-electron chi connectivity index (χ2n) is 5.67. The third kappa shape index (κ3) is 1.63. The van der Waals surface area contributed by atoms with Crippen molar-refractivity contribution in [2.45, 2.75) is 18.3 Å². The number of hydrogen-bond acceptors (Lipinski definition) is 3. The third-order valence-electron chi connectivity index (χ3n) is 4.45. The van der Waals surface area contributed by atoms with E-state index in [0.717, 1.165) is 38.0 Å². The fraction of sp³-hybridized carbons (Fsp3) is 0.571. The van der Waals surface area contributed by atoms with Crippen LogP contribution in [-0.4, -0.2) is 54.4 Å². The van der Waals surface area contributed by atoms with Gasteiger partial charge in [0.15, 0.2) is 0 Å². The zero-order valence-electron chi connectivity index (χ0n) is 11.0. The quantitative estimate of drug-likeness (QED) is 0.687. The molecule has 2 aliphatic rings. The molecule has 18 heavy (non-hydrogen) atoms. The van der Waals surface area contributed by atoms with Crippen LogP contribution in [0.1, 0.15) is 28.8 Å². The number of rotatable bonds is 0. The molecule has 0 aromatic carbocycles. The smallest absolute Gasteiger partial charge is 0.254 e. The largest absolute Gasteiger partial charge is 0.341 e. The van der Waals surface area contributed by atoms with Crippen LogP contribution in [0.3, 0.4) is 0 Å². The molecule has 0 unspecified atom stereocenters. The molecule has 0 aliphatic carbocycles.